The van der Waals surface area contributed by atoms with Gasteiger partial charge in [0.1, 0.15) is 0 Å². The van der Waals surface area contributed by atoms with Crippen LogP contribution in [0.4, 0.5) is 0 Å². The lowest BCUT2D eigenvalue weighted by Gasteiger charge is -2.33. The number of carbonyl (C=O) groups excluding carboxylic acids is 2. The lowest BCUT2D eigenvalue weighted by Crippen LogP contribution is -2.42. The third-order valence-corrected chi connectivity index (χ3v) is 5.09. The van der Waals surface area contributed by atoms with E-state index in [-0.39, 0.29) is 36.2 Å². The van der Waals surface area contributed by atoms with Crippen molar-refractivity contribution >= 4 is 24.2 Å². The van der Waals surface area contributed by atoms with E-state index in [4.69, 9.17) is 0 Å². The lowest BCUT2D eigenvalue weighted by atomic mass is 9.87. The average molecular weight is 346 g/mol. The third kappa shape index (κ3) is 5.64. The third-order valence-electron chi connectivity index (χ3n) is 5.09. The molecule has 23 heavy (non-hydrogen) atoms. The second kappa shape index (κ2) is 9.48. The molecule has 1 aliphatic heterocycles. The van der Waals surface area contributed by atoms with Gasteiger partial charge in [0.2, 0.25) is 11.8 Å². The van der Waals surface area contributed by atoms with Crippen LogP contribution in [0.25, 0.3) is 0 Å². The Balaban J connectivity index is 0.00000264. The maximum Gasteiger partial charge on any atom is 0.225 e. The molecular formula is C17H32ClN3O2. The standard InChI is InChI=1S/C17H31N3O2.ClH/c1-4-18-13(3)10-19-17(22)14-9-16(21)20(11-14)15-7-5-12(2)6-8-15;/h12-15,18H,4-11H2,1-3H3,(H,19,22);1H/t12?,13-,14?,15?;/m1./s1. The molecule has 0 aromatic heterocycles. The number of likely N-dealkylation sites (tertiary alicyclic amines) is 1. The van der Waals surface area contributed by atoms with E-state index in [1.165, 1.54) is 12.8 Å². The molecule has 2 aliphatic rings. The number of likely N-dealkylation sites (N-methyl/N-ethyl adjacent to an activating group) is 1. The van der Waals surface area contributed by atoms with E-state index in [0.717, 1.165) is 25.3 Å². The highest BCUT2D eigenvalue weighted by molar-refractivity contribution is 5.89. The van der Waals surface area contributed by atoms with Crippen molar-refractivity contribution in [3.8, 4) is 0 Å². The van der Waals surface area contributed by atoms with Crippen molar-refractivity contribution in [2.75, 3.05) is 19.6 Å². The number of nitrogens with one attached hydrogen (secondary N) is 2. The van der Waals surface area contributed by atoms with Crippen molar-refractivity contribution in [3.05, 3.63) is 0 Å². The van der Waals surface area contributed by atoms with Gasteiger partial charge in [0, 0.05) is 31.6 Å². The van der Waals surface area contributed by atoms with Gasteiger partial charge in [-0.1, -0.05) is 13.8 Å². The van der Waals surface area contributed by atoms with Gasteiger partial charge in [-0.15, -0.1) is 12.4 Å². The summed E-state index contributed by atoms with van der Waals surface area (Å²) in [5, 5.41) is 6.25. The average Bonchev–Trinajstić information content (AvgIpc) is 2.88. The molecule has 0 bridgehead atoms. The Morgan fingerprint density at radius 3 is 2.57 bits per heavy atom. The molecular weight excluding hydrogens is 314 g/mol. The highest BCUT2D eigenvalue weighted by atomic mass is 35.5. The zero-order valence-corrected chi connectivity index (χ0v) is 15.5. The highest BCUT2D eigenvalue weighted by Crippen LogP contribution is 2.31. The number of carbonyl (C=O) groups is 2. The van der Waals surface area contributed by atoms with E-state index in [0.29, 0.717) is 25.6 Å². The Kier molecular flexibility index (Phi) is 8.34. The van der Waals surface area contributed by atoms with Crippen LogP contribution in [-0.4, -0.2) is 48.4 Å². The first-order chi connectivity index (χ1) is 10.5. The van der Waals surface area contributed by atoms with Crippen LogP contribution in [0.5, 0.6) is 0 Å². The molecule has 0 aromatic rings. The van der Waals surface area contributed by atoms with Crippen molar-refractivity contribution in [2.45, 2.75) is 65.0 Å². The molecule has 1 saturated carbocycles. The van der Waals surface area contributed by atoms with Crippen molar-refractivity contribution < 1.29 is 9.59 Å². The van der Waals surface area contributed by atoms with E-state index in [1.807, 2.05) is 4.90 Å². The zero-order valence-electron chi connectivity index (χ0n) is 14.6. The molecule has 6 heteroatoms. The van der Waals surface area contributed by atoms with Crippen LogP contribution >= 0.6 is 12.4 Å². The SMILES string of the molecule is CCN[C@H](C)CNC(=O)C1CC(=O)N(C2CCC(C)CC2)C1.Cl. The van der Waals surface area contributed by atoms with Gasteiger partial charge >= 0.3 is 0 Å². The van der Waals surface area contributed by atoms with Gasteiger partial charge in [-0.05, 0) is 45.1 Å². The molecule has 1 unspecified atom stereocenters. The number of hydrogen-bond donors (Lipinski definition) is 2. The Morgan fingerprint density at radius 1 is 1.30 bits per heavy atom. The second-order valence-electron chi connectivity index (χ2n) is 7.06. The summed E-state index contributed by atoms with van der Waals surface area (Å²) in [6.45, 7) is 8.52. The minimum atomic E-state index is -0.166. The molecule has 2 N–H and O–H groups in total. The topological polar surface area (TPSA) is 61.4 Å². The van der Waals surface area contributed by atoms with Crippen LogP contribution in [-0.2, 0) is 9.59 Å². The van der Waals surface area contributed by atoms with Gasteiger partial charge in [-0.25, -0.2) is 0 Å². The van der Waals surface area contributed by atoms with Crippen molar-refractivity contribution in [2.24, 2.45) is 11.8 Å². The minimum Gasteiger partial charge on any atom is -0.354 e. The van der Waals surface area contributed by atoms with E-state index >= 15 is 0 Å². The maximum atomic E-state index is 12.3. The Bertz CT molecular complexity index is 397. The summed E-state index contributed by atoms with van der Waals surface area (Å²) in [4.78, 5) is 26.5. The zero-order chi connectivity index (χ0) is 16.1. The molecule has 2 rings (SSSR count). The highest BCUT2D eigenvalue weighted by Gasteiger charge is 2.38. The molecule has 0 spiro atoms. The molecule has 2 amide bonds. The van der Waals surface area contributed by atoms with Crippen LogP contribution in [0.2, 0.25) is 0 Å². The molecule has 0 aromatic carbocycles. The van der Waals surface area contributed by atoms with E-state index in [9.17, 15) is 9.59 Å². The summed E-state index contributed by atoms with van der Waals surface area (Å²) in [6.07, 6.45) is 4.97. The van der Waals surface area contributed by atoms with Gasteiger partial charge in [0.05, 0.1) is 5.92 Å². The monoisotopic (exact) mass is 345 g/mol. The number of hydrogen-bond acceptors (Lipinski definition) is 3. The second-order valence-corrected chi connectivity index (χ2v) is 7.06. The summed E-state index contributed by atoms with van der Waals surface area (Å²) < 4.78 is 0. The van der Waals surface area contributed by atoms with Gasteiger partial charge in [-0.3, -0.25) is 9.59 Å². The smallest absolute Gasteiger partial charge is 0.225 e. The summed E-state index contributed by atoms with van der Waals surface area (Å²) in [5.74, 6) is 0.811. The minimum absolute atomic E-state index is 0. The van der Waals surface area contributed by atoms with Gasteiger partial charge in [0.25, 0.3) is 0 Å². The maximum absolute atomic E-state index is 12.3. The van der Waals surface area contributed by atoms with E-state index in [1.54, 1.807) is 0 Å². The van der Waals surface area contributed by atoms with Crippen LogP contribution in [0.3, 0.4) is 0 Å². The summed E-state index contributed by atoms with van der Waals surface area (Å²) in [6, 6.07) is 0.629. The quantitative estimate of drug-likeness (QED) is 0.773. The summed E-state index contributed by atoms with van der Waals surface area (Å²) in [7, 11) is 0. The van der Waals surface area contributed by atoms with E-state index < -0.39 is 0 Å². The van der Waals surface area contributed by atoms with Crippen molar-refractivity contribution in [1.29, 1.82) is 0 Å². The molecule has 0 radical (unpaired) electrons. The first-order valence-corrected chi connectivity index (χ1v) is 8.81. The first-order valence-electron chi connectivity index (χ1n) is 8.81. The number of rotatable bonds is 6. The fraction of sp³-hybridized carbons (Fsp3) is 0.882. The first kappa shape index (κ1) is 20.2. The fourth-order valence-electron chi connectivity index (χ4n) is 3.63. The normalized spacial score (nSPS) is 29.1. The van der Waals surface area contributed by atoms with Crippen LogP contribution < -0.4 is 10.6 Å². The molecule has 5 nitrogen and oxygen atoms in total. The molecule has 1 heterocycles. The van der Waals surface area contributed by atoms with Crippen molar-refractivity contribution in [1.82, 2.24) is 15.5 Å². The van der Waals surface area contributed by atoms with Gasteiger partial charge in [-0.2, -0.15) is 0 Å². The molecule has 1 aliphatic carbocycles. The number of nitrogens with zero attached hydrogens (tertiary/aromatic N) is 1. The van der Waals surface area contributed by atoms with Crippen molar-refractivity contribution in [3.63, 3.8) is 0 Å². The molecule has 1 saturated heterocycles. The van der Waals surface area contributed by atoms with Crippen LogP contribution in [0.1, 0.15) is 52.9 Å². The molecule has 2 atom stereocenters. The molecule has 2 fully saturated rings. The number of halogens is 1. The Labute approximate surface area is 146 Å². The summed E-state index contributed by atoms with van der Waals surface area (Å²) >= 11 is 0. The van der Waals surface area contributed by atoms with Crippen LogP contribution in [0.15, 0.2) is 0 Å². The molecule has 134 valence electrons. The van der Waals surface area contributed by atoms with Gasteiger partial charge in [0.15, 0.2) is 0 Å². The fourth-order valence-corrected chi connectivity index (χ4v) is 3.63. The Hall–Kier alpha value is -0.810. The Morgan fingerprint density at radius 2 is 1.96 bits per heavy atom. The largest absolute Gasteiger partial charge is 0.354 e. The number of amides is 2. The summed E-state index contributed by atoms with van der Waals surface area (Å²) in [5.41, 5.74) is 0. The van der Waals surface area contributed by atoms with Crippen LogP contribution in [0, 0.1) is 11.8 Å². The predicted octanol–water partition coefficient (Wildman–Crippen LogP) is 1.95. The predicted molar refractivity (Wildman–Crippen MR) is 94.6 cm³/mol. The lowest BCUT2D eigenvalue weighted by molar-refractivity contribution is -0.130. The van der Waals surface area contributed by atoms with Gasteiger partial charge < -0.3 is 15.5 Å². The van der Waals surface area contributed by atoms with E-state index in [2.05, 4.69) is 31.4 Å².